The number of alkyl carbamates (subject to hydrolysis) is 1. The number of hydrogen-bond donors (Lipinski definition) is 3. The molecule has 0 radical (unpaired) electrons. The smallest absolute Gasteiger partial charge is 0.407 e. The summed E-state index contributed by atoms with van der Waals surface area (Å²) in [7, 11) is 0. The van der Waals surface area contributed by atoms with E-state index in [9.17, 15) is 19.5 Å². The van der Waals surface area contributed by atoms with E-state index >= 15 is 0 Å². The van der Waals surface area contributed by atoms with Crippen molar-refractivity contribution >= 4 is 18.0 Å². The van der Waals surface area contributed by atoms with Gasteiger partial charge in [-0.2, -0.15) is 0 Å². The van der Waals surface area contributed by atoms with Crippen molar-refractivity contribution in [2.45, 2.75) is 57.9 Å². The lowest BCUT2D eigenvalue weighted by Gasteiger charge is -2.29. The summed E-state index contributed by atoms with van der Waals surface area (Å²) in [4.78, 5) is 36.3. The monoisotopic (exact) mass is 478 g/mol. The molecule has 2 aliphatic carbocycles. The standard InChI is InChI=1S/C28H34N2O5/c1-28(2,15-25(31)30-19-9-7-8-18(14-19)26(32)33)17-29-27(34)35-16-24-22-12-5-3-10-20(22)21-11-4-6-13-23(21)24/h3-6,10-13,18-19,24H,7-9,14-17H2,1-2H3,(H,29,34)(H,30,31)(H,32,33). The number of nitrogens with one attached hydrogen (secondary N) is 2. The van der Waals surface area contributed by atoms with Crippen LogP contribution in [-0.2, 0) is 14.3 Å². The number of carboxylic acids is 1. The molecule has 0 aromatic heterocycles. The third-order valence-corrected chi connectivity index (χ3v) is 7.08. The van der Waals surface area contributed by atoms with Crippen molar-refractivity contribution in [1.29, 1.82) is 0 Å². The molecule has 7 heteroatoms. The summed E-state index contributed by atoms with van der Waals surface area (Å²) in [5, 5.41) is 15.0. The molecule has 0 saturated heterocycles. The third-order valence-electron chi connectivity index (χ3n) is 7.08. The lowest BCUT2D eigenvalue weighted by Crippen LogP contribution is -2.43. The number of ether oxygens (including phenoxy) is 1. The summed E-state index contributed by atoms with van der Waals surface area (Å²) < 4.78 is 5.59. The van der Waals surface area contributed by atoms with Crippen LogP contribution in [0.1, 0.15) is 63.0 Å². The van der Waals surface area contributed by atoms with Crippen molar-refractivity contribution in [2.24, 2.45) is 11.3 Å². The fraction of sp³-hybridized carbons (Fsp3) is 0.464. The van der Waals surface area contributed by atoms with Gasteiger partial charge < -0.3 is 20.5 Å². The van der Waals surface area contributed by atoms with Crippen molar-refractivity contribution in [2.75, 3.05) is 13.2 Å². The Morgan fingerprint density at radius 1 is 1.00 bits per heavy atom. The minimum Gasteiger partial charge on any atom is -0.481 e. The van der Waals surface area contributed by atoms with Gasteiger partial charge >= 0.3 is 12.1 Å². The van der Waals surface area contributed by atoms with Crippen molar-refractivity contribution in [3.05, 3.63) is 59.7 Å². The summed E-state index contributed by atoms with van der Waals surface area (Å²) in [6.45, 7) is 4.36. The Morgan fingerprint density at radius 3 is 2.26 bits per heavy atom. The molecule has 7 nitrogen and oxygen atoms in total. The van der Waals surface area contributed by atoms with E-state index in [0.717, 1.165) is 24.0 Å². The summed E-state index contributed by atoms with van der Waals surface area (Å²) in [5.74, 6) is -1.31. The molecule has 2 unspecified atom stereocenters. The lowest BCUT2D eigenvalue weighted by molar-refractivity contribution is -0.143. The molecule has 35 heavy (non-hydrogen) atoms. The van der Waals surface area contributed by atoms with E-state index in [2.05, 4.69) is 34.9 Å². The predicted octanol–water partition coefficient (Wildman–Crippen LogP) is 4.70. The van der Waals surface area contributed by atoms with Crippen LogP contribution in [0.4, 0.5) is 4.79 Å². The molecule has 4 rings (SSSR count). The fourth-order valence-corrected chi connectivity index (χ4v) is 5.28. The molecule has 3 N–H and O–H groups in total. The van der Waals surface area contributed by atoms with Gasteiger partial charge in [0.15, 0.2) is 0 Å². The fourth-order valence-electron chi connectivity index (χ4n) is 5.28. The van der Waals surface area contributed by atoms with Crippen molar-refractivity contribution < 1.29 is 24.2 Å². The molecule has 2 atom stereocenters. The van der Waals surface area contributed by atoms with Gasteiger partial charge in [-0.3, -0.25) is 9.59 Å². The number of amides is 2. The molecule has 0 spiro atoms. The van der Waals surface area contributed by atoms with Gasteiger partial charge in [0, 0.05) is 24.9 Å². The molecule has 2 aliphatic rings. The van der Waals surface area contributed by atoms with Gasteiger partial charge in [0.1, 0.15) is 6.61 Å². The van der Waals surface area contributed by atoms with E-state index in [0.29, 0.717) is 19.4 Å². The third kappa shape index (κ3) is 6.02. The van der Waals surface area contributed by atoms with Crippen LogP contribution in [0.2, 0.25) is 0 Å². The first-order valence-electron chi connectivity index (χ1n) is 12.3. The second-order valence-corrected chi connectivity index (χ2v) is 10.5. The van der Waals surface area contributed by atoms with Crippen molar-refractivity contribution in [1.82, 2.24) is 10.6 Å². The summed E-state index contributed by atoms with van der Waals surface area (Å²) in [6.07, 6.45) is 2.46. The second kappa shape index (κ2) is 10.5. The van der Waals surface area contributed by atoms with E-state index in [4.69, 9.17) is 4.74 Å². The Bertz CT molecular complexity index is 1050. The highest BCUT2D eigenvalue weighted by molar-refractivity contribution is 5.79. The quantitative estimate of drug-likeness (QED) is 0.510. The number of carboxylic acid groups (broad SMARTS) is 1. The largest absolute Gasteiger partial charge is 0.481 e. The Kier molecular flexibility index (Phi) is 7.43. The van der Waals surface area contributed by atoms with Crippen LogP contribution < -0.4 is 10.6 Å². The number of carbonyl (C=O) groups is 3. The molecule has 2 aromatic carbocycles. The van der Waals surface area contributed by atoms with Crippen LogP contribution in [0.15, 0.2) is 48.5 Å². The predicted molar refractivity (Wildman–Crippen MR) is 133 cm³/mol. The maximum absolute atomic E-state index is 12.6. The number of hydrogen-bond acceptors (Lipinski definition) is 4. The molecular formula is C28H34N2O5. The minimum absolute atomic E-state index is 0.00272. The highest BCUT2D eigenvalue weighted by Gasteiger charge is 2.31. The lowest BCUT2D eigenvalue weighted by atomic mass is 9.85. The van der Waals surface area contributed by atoms with Gasteiger partial charge in [-0.25, -0.2) is 4.79 Å². The van der Waals surface area contributed by atoms with Crippen LogP contribution in [0, 0.1) is 11.3 Å². The SMILES string of the molecule is CC(C)(CNC(=O)OCC1c2ccccc2-c2ccccc21)CC(=O)NC1CCCC(C(=O)O)C1. The first-order valence-corrected chi connectivity index (χ1v) is 12.3. The molecule has 2 aromatic rings. The van der Waals surface area contributed by atoms with Gasteiger partial charge in [-0.05, 0) is 46.9 Å². The zero-order valence-corrected chi connectivity index (χ0v) is 20.4. The van der Waals surface area contributed by atoms with E-state index in [1.165, 1.54) is 11.1 Å². The molecule has 0 bridgehead atoms. The normalized spacial score (nSPS) is 19.4. The summed E-state index contributed by atoms with van der Waals surface area (Å²) >= 11 is 0. The van der Waals surface area contributed by atoms with Crippen molar-refractivity contribution in [3.63, 3.8) is 0 Å². The Balaban J connectivity index is 1.25. The molecule has 0 aliphatic heterocycles. The van der Waals surface area contributed by atoms with Gasteiger partial charge in [0.25, 0.3) is 0 Å². The Labute approximate surface area is 206 Å². The number of fused-ring (bicyclic) bond motifs is 3. The Morgan fingerprint density at radius 2 is 1.63 bits per heavy atom. The van der Waals surface area contributed by atoms with Gasteiger partial charge in [-0.15, -0.1) is 0 Å². The van der Waals surface area contributed by atoms with E-state index in [-0.39, 0.29) is 30.9 Å². The van der Waals surface area contributed by atoms with Gasteiger partial charge in [-0.1, -0.05) is 68.8 Å². The van der Waals surface area contributed by atoms with E-state index < -0.39 is 23.4 Å². The van der Waals surface area contributed by atoms with E-state index in [1.54, 1.807) is 0 Å². The Hall–Kier alpha value is -3.35. The van der Waals surface area contributed by atoms with Gasteiger partial charge in [0.05, 0.1) is 5.92 Å². The zero-order chi connectivity index (χ0) is 25.0. The van der Waals surface area contributed by atoms with Gasteiger partial charge in [0.2, 0.25) is 5.91 Å². The highest BCUT2D eigenvalue weighted by atomic mass is 16.5. The van der Waals surface area contributed by atoms with E-state index in [1.807, 2.05) is 38.1 Å². The minimum atomic E-state index is -0.795. The van der Waals surface area contributed by atoms with Crippen LogP contribution in [0.25, 0.3) is 11.1 Å². The number of rotatable bonds is 8. The van der Waals surface area contributed by atoms with Crippen LogP contribution in [0.3, 0.4) is 0 Å². The number of aliphatic carboxylic acids is 1. The van der Waals surface area contributed by atoms with Crippen LogP contribution >= 0.6 is 0 Å². The first kappa shape index (κ1) is 24.8. The molecular weight excluding hydrogens is 444 g/mol. The second-order valence-electron chi connectivity index (χ2n) is 10.5. The average Bonchev–Trinajstić information content (AvgIpc) is 3.15. The average molecular weight is 479 g/mol. The molecule has 2 amide bonds. The topological polar surface area (TPSA) is 105 Å². The highest BCUT2D eigenvalue weighted by Crippen LogP contribution is 2.44. The van der Waals surface area contributed by atoms with Crippen molar-refractivity contribution in [3.8, 4) is 11.1 Å². The molecule has 1 saturated carbocycles. The number of carbonyl (C=O) groups excluding carboxylic acids is 2. The first-order chi connectivity index (χ1) is 16.7. The maximum atomic E-state index is 12.6. The van der Waals surface area contributed by atoms with Crippen LogP contribution in [-0.4, -0.2) is 42.3 Å². The molecule has 186 valence electrons. The number of benzene rings is 2. The zero-order valence-electron chi connectivity index (χ0n) is 20.4. The summed E-state index contributed by atoms with van der Waals surface area (Å²) in [5.41, 5.74) is 4.20. The molecule has 1 fully saturated rings. The summed E-state index contributed by atoms with van der Waals surface area (Å²) in [6, 6.07) is 16.3. The molecule has 0 heterocycles. The maximum Gasteiger partial charge on any atom is 0.407 e. The van der Waals surface area contributed by atoms with Crippen LogP contribution in [0.5, 0.6) is 0 Å².